The second kappa shape index (κ2) is 7.48. The molecule has 2 aromatic carbocycles. The van der Waals surface area contributed by atoms with E-state index in [1.165, 1.54) is 0 Å². The topological polar surface area (TPSA) is 59.3 Å². The fourth-order valence-electron chi connectivity index (χ4n) is 1.74. The Bertz CT molecular complexity index is 692. The molecule has 22 heavy (non-hydrogen) atoms. The van der Waals surface area contributed by atoms with E-state index < -0.39 is 12.1 Å². The summed E-state index contributed by atoms with van der Waals surface area (Å²) in [4.78, 5) is 11.9. The lowest BCUT2D eigenvalue weighted by atomic mass is 10.2. The molecule has 0 N–H and O–H groups in total. The molecular weight excluding hydrogens is 302 g/mol. The summed E-state index contributed by atoms with van der Waals surface area (Å²) in [6, 6.07) is 15.7. The maximum absolute atomic E-state index is 11.9. The number of ether oxygens (including phenoxy) is 2. The number of carbonyl (C=O) groups is 1. The molecule has 1 atom stereocenters. The summed E-state index contributed by atoms with van der Waals surface area (Å²) < 4.78 is 10.7. The van der Waals surface area contributed by atoms with Gasteiger partial charge in [-0.3, -0.25) is 0 Å². The molecular formula is C17H14ClNO3. The molecule has 0 aliphatic carbocycles. The molecule has 2 aromatic rings. The van der Waals surface area contributed by atoms with Crippen LogP contribution in [-0.2, 0) is 16.1 Å². The van der Waals surface area contributed by atoms with Crippen LogP contribution in [0.4, 0.5) is 0 Å². The molecule has 5 heteroatoms. The molecule has 2 rings (SSSR count). The number of nitriles is 1. The van der Waals surface area contributed by atoms with Crippen molar-refractivity contribution in [2.24, 2.45) is 0 Å². The third-order valence-electron chi connectivity index (χ3n) is 2.90. The number of halogens is 1. The first-order chi connectivity index (χ1) is 10.6. The van der Waals surface area contributed by atoms with E-state index in [-0.39, 0.29) is 6.61 Å². The van der Waals surface area contributed by atoms with Crippen LogP contribution < -0.4 is 4.74 Å². The third-order valence-corrected chi connectivity index (χ3v) is 3.15. The number of hydrogen-bond acceptors (Lipinski definition) is 4. The maximum Gasteiger partial charge on any atom is 0.347 e. The van der Waals surface area contributed by atoms with Gasteiger partial charge in [-0.2, -0.15) is 5.26 Å². The van der Waals surface area contributed by atoms with E-state index in [1.807, 2.05) is 6.07 Å². The zero-order valence-corrected chi connectivity index (χ0v) is 12.7. The maximum atomic E-state index is 11.9. The first-order valence-corrected chi connectivity index (χ1v) is 7.04. The van der Waals surface area contributed by atoms with Crippen molar-refractivity contribution >= 4 is 17.6 Å². The number of benzene rings is 2. The molecule has 0 spiro atoms. The highest BCUT2D eigenvalue weighted by molar-refractivity contribution is 6.30. The predicted octanol–water partition coefficient (Wildman–Crippen LogP) is 3.72. The van der Waals surface area contributed by atoms with E-state index in [4.69, 9.17) is 26.3 Å². The normalized spacial score (nSPS) is 11.3. The van der Waals surface area contributed by atoms with Crippen LogP contribution in [0.1, 0.15) is 18.1 Å². The minimum atomic E-state index is -0.763. The van der Waals surface area contributed by atoms with Crippen LogP contribution in [0.15, 0.2) is 48.5 Å². The van der Waals surface area contributed by atoms with Crippen LogP contribution in [0, 0.1) is 11.3 Å². The Hall–Kier alpha value is -2.51. The van der Waals surface area contributed by atoms with E-state index >= 15 is 0 Å². The molecule has 0 heterocycles. The highest BCUT2D eigenvalue weighted by Crippen LogP contribution is 2.15. The van der Waals surface area contributed by atoms with Crippen molar-refractivity contribution in [1.82, 2.24) is 0 Å². The van der Waals surface area contributed by atoms with Gasteiger partial charge in [0.05, 0.1) is 11.6 Å². The molecule has 0 bridgehead atoms. The number of carbonyl (C=O) groups excluding carboxylic acids is 1. The van der Waals surface area contributed by atoms with E-state index in [0.29, 0.717) is 16.3 Å². The fraction of sp³-hybridized carbons (Fsp3) is 0.176. The first-order valence-electron chi connectivity index (χ1n) is 6.66. The Balaban J connectivity index is 1.89. The summed E-state index contributed by atoms with van der Waals surface area (Å²) in [7, 11) is 0. The summed E-state index contributed by atoms with van der Waals surface area (Å²) in [5, 5.41) is 9.46. The van der Waals surface area contributed by atoms with E-state index in [1.54, 1.807) is 55.5 Å². The van der Waals surface area contributed by atoms with Gasteiger partial charge in [0.25, 0.3) is 0 Å². The van der Waals surface area contributed by atoms with Crippen LogP contribution in [0.25, 0.3) is 0 Å². The SMILES string of the molecule is CC(Oc1cccc(C#N)c1)C(=O)OCc1ccc(Cl)cc1. The molecule has 112 valence electrons. The van der Waals surface area contributed by atoms with Crippen LogP contribution >= 0.6 is 11.6 Å². The van der Waals surface area contributed by atoms with Gasteiger partial charge in [0.1, 0.15) is 12.4 Å². The molecule has 1 unspecified atom stereocenters. The summed E-state index contributed by atoms with van der Waals surface area (Å²) in [5.74, 6) is -0.0210. The Kier molecular flexibility index (Phi) is 5.40. The van der Waals surface area contributed by atoms with Crippen molar-refractivity contribution in [1.29, 1.82) is 5.26 Å². The molecule has 0 aliphatic rings. The molecule has 0 fully saturated rings. The second-order valence-electron chi connectivity index (χ2n) is 4.63. The van der Waals surface area contributed by atoms with Crippen molar-refractivity contribution in [3.63, 3.8) is 0 Å². The van der Waals surface area contributed by atoms with Crippen LogP contribution in [0.2, 0.25) is 5.02 Å². The van der Waals surface area contributed by atoms with Crippen molar-refractivity contribution < 1.29 is 14.3 Å². The molecule has 0 amide bonds. The lowest BCUT2D eigenvalue weighted by Gasteiger charge is -2.14. The van der Waals surface area contributed by atoms with E-state index in [2.05, 4.69) is 0 Å². The fourth-order valence-corrected chi connectivity index (χ4v) is 1.87. The van der Waals surface area contributed by atoms with Gasteiger partial charge >= 0.3 is 5.97 Å². The van der Waals surface area contributed by atoms with Gasteiger partial charge in [-0.05, 0) is 42.8 Å². The van der Waals surface area contributed by atoms with Crippen LogP contribution in [0.3, 0.4) is 0 Å². The molecule has 4 nitrogen and oxygen atoms in total. The monoisotopic (exact) mass is 315 g/mol. The minimum absolute atomic E-state index is 0.155. The highest BCUT2D eigenvalue weighted by atomic mass is 35.5. The highest BCUT2D eigenvalue weighted by Gasteiger charge is 2.16. The number of nitrogens with zero attached hydrogens (tertiary/aromatic N) is 1. The van der Waals surface area contributed by atoms with Gasteiger partial charge in [0.15, 0.2) is 6.10 Å². The number of hydrogen-bond donors (Lipinski definition) is 0. The largest absolute Gasteiger partial charge is 0.479 e. The molecule has 0 aromatic heterocycles. The van der Waals surface area contributed by atoms with Gasteiger partial charge < -0.3 is 9.47 Å². The Labute approximate surface area is 133 Å². The molecule has 0 aliphatic heterocycles. The third kappa shape index (κ3) is 4.51. The van der Waals surface area contributed by atoms with Gasteiger partial charge in [0.2, 0.25) is 0 Å². The van der Waals surface area contributed by atoms with Crippen LogP contribution in [-0.4, -0.2) is 12.1 Å². The summed E-state index contributed by atoms with van der Waals surface area (Å²) >= 11 is 5.79. The van der Waals surface area contributed by atoms with Gasteiger partial charge in [-0.15, -0.1) is 0 Å². The van der Waals surface area contributed by atoms with Crippen molar-refractivity contribution in [3.05, 3.63) is 64.7 Å². The Morgan fingerprint density at radius 1 is 1.27 bits per heavy atom. The van der Waals surface area contributed by atoms with Gasteiger partial charge in [-0.1, -0.05) is 29.8 Å². The molecule has 0 saturated heterocycles. The quantitative estimate of drug-likeness (QED) is 0.789. The zero-order valence-electron chi connectivity index (χ0n) is 12.0. The van der Waals surface area contributed by atoms with Crippen molar-refractivity contribution in [2.75, 3.05) is 0 Å². The first kappa shape index (κ1) is 15.9. The molecule has 0 saturated carbocycles. The second-order valence-corrected chi connectivity index (χ2v) is 5.07. The summed E-state index contributed by atoms with van der Waals surface area (Å²) in [6.45, 7) is 1.76. The standard InChI is InChI=1S/C17H14ClNO3/c1-12(22-16-4-2-3-14(9-16)10-19)17(20)21-11-13-5-7-15(18)8-6-13/h2-9,12H,11H2,1H3. The van der Waals surface area contributed by atoms with E-state index in [9.17, 15) is 4.79 Å². The minimum Gasteiger partial charge on any atom is -0.479 e. The smallest absolute Gasteiger partial charge is 0.347 e. The zero-order chi connectivity index (χ0) is 15.9. The lowest BCUT2D eigenvalue weighted by Crippen LogP contribution is -2.26. The van der Waals surface area contributed by atoms with Gasteiger partial charge in [0, 0.05) is 5.02 Å². The molecule has 0 radical (unpaired) electrons. The van der Waals surface area contributed by atoms with Gasteiger partial charge in [-0.25, -0.2) is 4.79 Å². The summed E-state index contributed by atoms with van der Waals surface area (Å²) in [6.07, 6.45) is -0.763. The van der Waals surface area contributed by atoms with Crippen molar-refractivity contribution in [2.45, 2.75) is 19.6 Å². The predicted molar refractivity (Wildman–Crippen MR) is 82.5 cm³/mol. The van der Waals surface area contributed by atoms with E-state index in [0.717, 1.165) is 5.56 Å². The number of rotatable bonds is 5. The Morgan fingerprint density at radius 3 is 2.68 bits per heavy atom. The number of esters is 1. The summed E-state index contributed by atoms with van der Waals surface area (Å²) in [5.41, 5.74) is 1.32. The van der Waals surface area contributed by atoms with Crippen molar-refractivity contribution in [3.8, 4) is 11.8 Å². The van der Waals surface area contributed by atoms with Crippen LogP contribution in [0.5, 0.6) is 5.75 Å². The average molecular weight is 316 g/mol. The lowest BCUT2D eigenvalue weighted by molar-refractivity contribution is -0.152. The average Bonchev–Trinajstić information content (AvgIpc) is 2.54. The Morgan fingerprint density at radius 2 is 2.00 bits per heavy atom.